The number of fused-ring (bicyclic) bond motifs is 14. The Morgan fingerprint density at radius 3 is 1.60 bits per heavy atom. The SMILES string of the molecule is CC12C=CC=CC1c1cccc(N(c3ccc4c(c3)sc3c5ccc(N(c6cc(-c7ccccc7)cc(-c7ccccc7)c6F)c6cccc7c6oc6ccccc67)cc5c5ccccc5c43)c3cc(-c4ccccc4)cc(-c4ccccc4)c3F)c1O2. The zero-order chi connectivity index (χ0) is 58.6. The number of benzene rings is 13. The van der Waals surface area contributed by atoms with Crippen molar-refractivity contribution in [2.24, 2.45) is 0 Å². The molecule has 0 saturated carbocycles. The van der Waals surface area contributed by atoms with Gasteiger partial charge in [0.2, 0.25) is 0 Å². The first-order chi connectivity index (χ1) is 43.3. The minimum Gasteiger partial charge on any atom is -0.480 e. The molecule has 2 unspecified atom stereocenters. The highest BCUT2D eigenvalue weighted by Crippen LogP contribution is 2.56. The second-order valence-electron chi connectivity index (χ2n) is 23.1. The van der Waals surface area contributed by atoms with Gasteiger partial charge >= 0.3 is 0 Å². The number of rotatable bonds is 10. The first-order valence-corrected chi connectivity index (χ1v) is 30.5. The number of hydrogen-bond donors (Lipinski definition) is 0. The lowest BCUT2D eigenvalue weighted by molar-refractivity contribution is 0.156. The number of furan rings is 1. The zero-order valence-corrected chi connectivity index (χ0v) is 48.5. The predicted octanol–water partition coefficient (Wildman–Crippen LogP) is 23.5. The number of ether oxygens (including phenoxy) is 1. The maximum atomic E-state index is 18.3. The Morgan fingerprint density at radius 1 is 0.409 bits per heavy atom. The molecular formula is C81H52F2N2O2S. The zero-order valence-electron chi connectivity index (χ0n) is 47.7. The Labute approximate surface area is 511 Å². The van der Waals surface area contributed by atoms with E-state index >= 15 is 8.78 Å². The highest BCUT2D eigenvalue weighted by atomic mass is 32.1. The molecule has 1 aliphatic carbocycles. The highest BCUT2D eigenvalue weighted by molar-refractivity contribution is 7.27. The van der Waals surface area contributed by atoms with Gasteiger partial charge < -0.3 is 19.0 Å². The molecule has 0 bridgehead atoms. The Morgan fingerprint density at radius 2 is 0.943 bits per heavy atom. The van der Waals surface area contributed by atoms with Crippen LogP contribution in [0.1, 0.15) is 18.4 Å². The monoisotopic (exact) mass is 1150 g/mol. The fourth-order valence-electron chi connectivity index (χ4n) is 13.7. The van der Waals surface area contributed by atoms with Crippen molar-refractivity contribution >= 4 is 109 Å². The van der Waals surface area contributed by atoms with Gasteiger partial charge in [-0.3, -0.25) is 0 Å². The molecule has 2 aliphatic rings. The predicted molar refractivity (Wildman–Crippen MR) is 363 cm³/mol. The Kier molecular flexibility index (Phi) is 12.0. The lowest BCUT2D eigenvalue weighted by atomic mass is 9.82. The molecule has 0 radical (unpaired) electrons. The highest BCUT2D eigenvalue weighted by Gasteiger charge is 2.44. The van der Waals surface area contributed by atoms with Crippen LogP contribution in [0.25, 0.3) is 108 Å². The van der Waals surface area contributed by atoms with Crippen molar-refractivity contribution in [3.63, 3.8) is 0 Å². The van der Waals surface area contributed by atoms with Crippen molar-refractivity contribution in [1.29, 1.82) is 0 Å². The van der Waals surface area contributed by atoms with Gasteiger partial charge in [0.25, 0.3) is 0 Å². The summed E-state index contributed by atoms with van der Waals surface area (Å²) in [4.78, 5) is 4.12. The van der Waals surface area contributed by atoms with E-state index in [9.17, 15) is 0 Å². The summed E-state index contributed by atoms with van der Waals surface area (Å²) in [5.74, 6) is -0.0134. The van der Waals surface area contributed by atoms with Crippen LogP contribution in [0.15, 0.2) is 296 Å². The Balaban J connectivity index is 0.898. The van der Waals surface area contributed by atoms with Gasteiger partial charge in [-0.1, -0.05) is 218 Å². The van der Waals surface area contributed by atoms with Gasteiger partial charge in [-0.25, -0.2) is 8.78 Å². The molecule has 15 aromatic rings. The van der Waals surface area contributed by atoms with E-state index in [1.807, 2.05) is 163 Å². The summed E-state index contributed by atoms with van der Waals surface area (Å²) < 4.78 is 52.7. The van der Waals surface area contributed by atoms with Gasteiger partial charge in [-0.05, 0) is 129 Å². The minimum atomic E-state index is -0.626. The van der Waals surface area contributed by atoms with Crippen molar-refractivity contribution in [1.82, 2.24) is 0 Å². The third-order valence-electron chi connectivity index (χ3n) is 17.9. The molecule has 17 rings (SSSR count). The van der Waals surface area contributed by atoms with Crippen LogP contribution in [0.5, 0.6) is 5.75 Å². The number of nitrogens with zero attached hydrogens (tertiary/aromatic N) is 2. The molecule has 7 heteroatoms. The van der Waals surface area contributed by atoms with E-state index in [0.29, 0.717) is 33.8 Å². The molecule has 2 aromatic heterocycles. The van der Waals surface area contributed by atoms with Crippen LogP contribution >= 0.6 is 11.3 Å². The molecule has 0 N–H and O–H groups in total. The maximum Gasteiger partial charge on any atom is 0.159 e. The normalized spacial score (nSPS) is 15.1. The molecule has 88 heavy (non-hydrogen) atoms. The molecule has 4 nitrogen and oxygen atoms in total. The Hall–Kier alpha value is -10.9. The van der Waals surface area contributed by atoms with Crippen LogP contribution in [0.4, 0.5) is 42.9 Å². The number of halogens is 2. The van der Waals surface area contributed by atoms with Gasteiger partial charge in [0.15, 0.2) is 17.2 Å². The van der Waals surface area contributed by atoms with E-state index in [2.05, 4.69) is 145 Å². The van der Waals surface area contributed by atoms with Gasteiger partial charge in [-0.2, -0.15) is 0 Å². The van der Waals surface area contributed by atoms with Crippen molar-refractivity contribution in [3.05, 3.63) is 308 Å². The van der Waals surface area contributed by atoms with E-state index in [1.54, 1.807) is 11.3 Å². The van der Waals surface area contributed by atoms with E-state index in [0.717, 1.165) is 120 Å². The van der Waals surface area contributed by atoms with Crippen molar-refractivity contribution in [2.45, 2.75) is 18.4 Å². The van der Waals surface area contributed by atoms with Gasteiger partial charge in [0.05, 0.1) is 22.7 Å². The number of para-hydroxylation sites is 3. The molecule has 3 heterocycles. The molecule has 0 saturated heterocycles. The van der Waals surface area contributed by atoms with Crippen molar-refractivity contribution in [3.8, 4) is 50.3 Å². The summed E-state index contributed by atoms with van der Waals surface area (Å²) in [5, 5.41) is 8.37. The average molecular weight is 1160 g/mol. The van der Waals surface area contributed by atoms with Crippen LogP contribution in [-0.2, 0) is 0 Å². The molecule has 418 valence electrons. The second-order valence-corrected chi connectivity index (χ2v) is 24.1. The van der Waals surface area contributed by atoms with E-state index in [1.165, 1.54) is 0 Å². The van der Waals surface area contributed by atoms with Crippen molar-refractivity contribution < 1.29 is 17.9 Å². The number of allylic oxidation sites excluding steroid dienone is 2. The van der Waals surface area contributed by atoms with Crippen LogP contribution in [0.3, 0.4) is 0 Å². The number of hydrogen-bond acceptors (Lipinski definition) is 5. The number of anilines is 6. The summed E-state index contributed by atoms with van der Waals surface area (Å²) in [6.45, 7) is 2.12. The number of thiophene rings is 1. The lowest BCUT2D eigenvalue weighted by Crippen LogP contribution is -2.32. The molecule has 2 atom stereocenters. The summed E-state index contributed by atoms with van der Waals surface area (Å²) in [6, 6.07) is 90.0. The molecular weight excluding hydrogens is 1100 g/mol. The van der Waals surface area contributed by atoms with E-state index in [4.69, 9.17) is 9.15 Å². The van der Waals surface area contributed by atoms with Crippen LogP contribution in [0.2, 0.25) is 0 Å². The first-order valence-electron chi connectivity index (χ1n) is 29.7. The topological polar surface area (TPSA) is 28.9 Å². The van der Waals surface area contributed by atoms with Gasteiger partial charge in [-0.15, -0.1) is 11.3 Å². The standard InChI is InChI=1S/C81H52F2N2O2S/c1-81-43-19-18-35-68(81)63-34-21-37-70(79(63)87-81)85(72-47-55(51-24-8-3-9-25-51)45-66(77(72)83)53-28-12-5-13-29-53)57-40-42-64-74(49-57)88-80-62-41-39-56(48-67(62)58-30-14-15-32-60(58)75(64)80)84(69-36-20-33-61-59-31-16-17-38-73(59)86-78(61)69)71-46-54(50-22-6-2-7-23-50)44-65(76(71)82)52-26-10-4-11-27-52/h2-49,68H,1H3. The smallest absolute Gasteiger partial charge is 0.159 e. The third kappa shape index (κ3) is 8.22. The molecule has 0 amide bonds. The molecule has 0 spiro atoms. The summed E-state index contributed by atoms with van der Waals surface area (Å²) in [7, 11) is 0. The Bertz CT molecular complexity index is 5370. The summed E-state index contributed by atoms with van der Waals surface area (Å²) in [6.07, 6.45) is 8.45. The van der Waals surface area contributed by atoms with E-state index < -0.39 is 5.60 Å². The lowest BCUT2D eigenvalue weighted by Gasteiger charge is -2.30. The van der Waals surface area contributed by atoms with Crippen LogP contribution < -0.4 is 14.5 Å². The van der Waals surface area contributed by atoms with Gasteiger partial charge in [0, 0.05) is 70.3 Å². The molecule has 0 fully saturated rings. The molecule has 1 aliphatic heterocycles. The van der Waals surface area contributed by atoms with Crippen molar-refractivity contribution in [2.75, 3.05) is 9.80 Å². The first kappa shape index (κ1) is 51.6. The van der Waals surface area contributed by atoms with Crippen LogP contribution in [0, 0.1) is 11.6 Å². The van der Waals surface area contributed by atoms with Gasteiger partial charge in [0.1, 0.15) is 16.9 Å². The average Bonchev–Trinajstić information content (AvgIpc) is 2.89. The van der Waals surface area contributed by atoms with E-state index in [-0.39, 0.29) is 17.6 Å². The minimum absolute atomic E-state index is 0.0295. The summed E-state index contributed by atoms with van der Waals surface area (Å²) >= 11 is 1.73. The maximum absolute atomic E-state index is 18.3. The third-order valence-corrected chi connectivity index (χ3v) is 19.1. The van der Waals surface area contributed by atoms with Crippen LogP contribution in [-0.4, -0.2) is 5.60 Å². The summed E-state index contributed by atoms with van der Waals surface area (Å²) in [5.41, 5.74) is 11.9. The fraction of sp³-hybridized carbons (Fsp3) is 0.0370. The second kappa shape index (κ2) is 20.4. The fourth-order valence-corrected chi connectivity index (χ4v) is 15.0. The quantitative estimate of drug-likeness (QED) is 0.128. The molecule has 13 aromatic carbocycles. The largest absolute Gasteiger partial charge is 0.480 e.